The molecule has 330 valence electrons. The van der Waals surface area contributed by atoms with Crippen LogP contribution in [0.25, 0.3) is 0 Å². The van der Waals surface area contributed by atoms with E-state index in [4.69, 9.17) is 22.3 Å². The van der Waals surface area contributed by atoms with E-state index in [-0.39, 0.29) is 31.7 Å². The molecule has 1 fully saturated rings. The first-order valence-corrected chi connectivity index (χ1v) is 18.1. The molecule has 1 aliphatic rings. The second-order valence-corrected chi connectivity index (χ2v) is 13.1. The third-order valence-electron chi connectivity index (χ3n) is 8.22. The molecule has 1 saturated heterocycles. The summed E-state index contributed by atoms with van der Waals surface area (Å²) >= 11 is 0. The monoisotopic (exact) mass is 844 g/mol. The molecule has 0 spiro atoms. The summed E-state index contributed by atoms with van der Waals surface area (Å²) in [5, 5.41) is 48.3. The Balaban J connectivity index is 2.82. The number of carbonyl (C=O) groups excluding carboxylic acids is 11. The molecule has 1 heterocycles. The highest BCUT2D eigenvalue weighted by Gasteiger charge is 2.33. The molecule has 0 aromatic heterocycles. The summed E-state index contributed by atoms with van der Waals surface area (Å²) in [7, 11) is 0. The summed E-state index contributed by atoms with van der Waals surface area (Å²) in [6.07, 6.45) is -0.477. The van der Waals surface area contributed by atoms with Gasteiger partial charge in [-0.2, -0.15) is 0 Å². The van der Waals surface area contributed by atoms with Gasteiger partial charge in [-0.25, -0.2) is 4.79 Å². The maximum atomic E-state index is 13.3. The molecule has 0 unspecified atom stereocenters. The molecule has 0 radical (unpaired) electrons. The normalized spacial score (nSPS) is 16.2. The van der Waals surface area contributed by atoms with Gasteiger partial charge in [-0.15, -0.1) is 0 Å². The Labute approximate surface area is 335 Å². The SMILES string of the molecule is C[C@H](NC(=O)[C@@H]1CCC(=O)N1)C(=O)N[C@@H](CCCCN)C(=O)N[C@@H](CO)C(=O)N[C@@H](CC(N)=O)C(=O)NCC(=O)NCC(=O)N[C@@H](CO)C(=O)N[C@@H](CC(N)=O)C(=O)O. The minimum atomic E-state index is -1.76. The van der Waals surface area contributed by atoms with Crippen molar-refractivity contribution in [2.45, 2.75) is 94.2 Å². The Morgan fingerprint density at radius 3 is 1.69 bits per heavy atom. The Kier molecular flexibility index (Phi) is 22.0. The standard InChI is InChI=1S/C32H52N12O15/c1-14(38-28(54)16-5-6-23(49)39-16)26(52)41-15(4-2-3-7-33)29(55)44-20(13-46)31(57)42-17(8-21(34)47)27(53)37-10-24(50)36-11-25(51)40-19(12-45)30(56)43-18(32(58)59)9-22(35)48/h14-20,45-46H,2-13,33H2,1H3,(H2,34,47)(H2,35,48)(H,36,50)(H,37,53)(H,38,54)(H,39,49)(H,40,51)(H,41,52)(H,42,57)(H,43,56)(H,44,55)(H,58,59)/t14-,15-,16-,17-,18-,19-,20-/m0/s1. The number of nitrogens with one attached hydrogen (secondary N) is 9. The molecule has 27 heteroatoms. The number of aliphatic hydroxyl groups excluding tert-OH is 2. The quantitative estimate of drug-likeness (QED) is 0.0341. The van der Waals surface area contributed by atoms with Gasteiger partial charge in [-0.3, -0.25) is 52.7 Å². The Hall–Kier alpha value is -6.48. The third-order valence-corrected chi connectivity index (χ3v) is 8.22. The van der Waals surface area contributed by atoms with Gasteiger partial charge in [-0.1, -0.05) is 0 Å². The Morgan fingerprint density at radius 2 is 1.17 bits per heavy atom. The first-order chi connectivity index (χ1) is 27.7. The minimum absolute atomic E-state index is 0.00723. The number of carboxylic acids is 1. The van der Waals surface area contributed by atoms with Crippen molar-refractivity contribution in [3.63, 3.8) is 0 Å². The van der Waals surface area contributed by atoms with Gasteiger partial charge >= 0.3 is 5.97 Å². The highest BCUT2D eigenvalue weighted by Crippen LogP contribution is 2.07. The number of rotatable bonds is 27. The number of amides is 11. The van der Waals surface area contributed by atoms with Crippen LogP contribution in [0.2, 0.25) is 0 Å². The maximum absolute atomic E-state index is 13.3. The summed E-state index contributed by atoms with van der Waals surface area (Å²) in [5.41, 5.74) is 15.7. The summed E-state index contributed by atoms with van der Waals surface area (Å²) < 4.78 is 0. The molecular formula is C32H52N12O15. The van der Waals surface area contributed by atoms with Gasteiger partial charge < -0.3 is 80.4 Å². The summed E-state index contributed by atoms with van der Waals surface area (Å²) in [6.45, 7) is -2.16. The lowest BCUT2D eigenvalue weighted by Crippen LogP contribution is -2.59. The van der Waals surface area contributed by atoms with Crippen LogP contribution in [0.15, 0.2) is 0 Å². The van der Waals surface area contributed by atoms with Crippen LogP contribution in [0.5, 0.6) is 0 Å². The van der Waals surface area contributed by atoms with Crippen LogP contribution >= 0.6 is 0 Å². The zero-order chi connectivity index (χ0) is 44.8. The van der Waals surface area contributed by atoms with Gasteiger partial charge in [0.05, 0.1) is 39.1 Å². The number of primary amides is 2. The van der Waals surface area contributed by atoms with E-state index in [0.29, 0.717) is 12.8 Å². The fourth-order valence-corrected chi connectivity index (χ4v) is 5.04. The number of aliphatic carboxylic acids is 1. The predicted molar refractivity (Wildman–Crippen MR) is 197 cm³/mol. The van der Waals surface area contributed by atoms with Crippen molar-refractivity contribution >= 4 is 70.9 Å². The van der Waals surface area contributed by atoms with Crippen molar-refractivity contribution in [1.29, 1.82) is 0 Å². The largest absolute Gasteiger partial charge is 0.480 e. The van der Waals surface area contributed by atoms with E-state index >= 15 is 0 Å². The second-order valence-electron chi connectivity index (χ2n) is 13.1. The number of unbranched alkanes of at least 4 members (excludes halogenated alkanes) is 1. The zero-order valence-electron chi connectivity index (χ0n) is 32.0. The molecule has 27 nitrogen and oxygen atoms in total. The fraction of sp³-hybridized carbons (Fsp3) is 0.625. The lowest BCUT2D eigenvalue weighted by molar-refractivity contribution is -0.144. The Bertz CT molecular complexity index is 1600. The van der Waals surface area contributed by atoms with E-state index in [0.717, 1.165) is 0 Å². The summed E-state index contributed by atoms with van der Waals surface area (Å²) in [5.74, 6) is -12.1. The van der Waals surface area contributed by atoms with Gasteiger partial charge in [-0.05, 0) is 39.2 Å². The highest BCUT2D eigenvalue weighted by molar-refractivity contribution is 5.98. The van der Waals surface area contributed by atoms with Crippen molar-refractivity contribution < 1.29 is 72.9 Å². The fourth-order valence-electron chi connectivity index (χ4n) is 5.04. The van der Waals surface area contributed by atoms with Crippen LogP contribution in [-0.2, 0) is 57.5 Å². The van der Waals surface area contributed by atoms with Crippen LogP contribution < -0.4 is 65.1 Å². The lowest BCUT2D eigenvalue weighted by Gasteiger charge is -2.25. The van der Waals surface area contributed by atoms with Crippen LogP contribution in [0.4, 0.5) is 0 Å². The average molecular weight is 845 g/mol. The Morgan fingerprint density at radius 1 is 0.661 bits per heavy atom. The third kappa shape index (κ3) is 19.0. The van der Waals surface area contributed by atoms with Crippen molar-refractivity contribution in [3.8, 4) is 0 Å². The molecule has 0 saturated carbocycles. The number of carbonyl (C=O) groups is 12. The van der Waals surface area contributed by atoms with Crippen LogP contribution in [0.1, 0.15) is 51.9 Å². The molecule has 11 amide bonds. The second kappa shape index (κ2) is 25.7. The summed E-state index contributed by atoms with van der Waals surface area (Å²) in [6, 6.07) is -10.3. The molecule has 0 aromatic carbocycles. The zero-order valence-corrected chi connectivity index (χ0v) is 32.0. The first kappa shape index (κ1) is 50.5. The molecular weight excluding hydrogens is 792 g/mol. The number of nitrogens with two attached hydrogens (primary N) is 3. The number of hydrogen-bond acceptors (Lipinski definition) is 15. The van der Waals surface area contributed by atoms with Crippen molar-refractivity contribution in [2.24, 2.45) is 17.2 Å². The van der Waals surface area contributed by atoms with Crippen LogP contribution in [0, 0.1) is 0 Å². The molecule has 59 heavy (non-hydrogen) atoms. The topological polar surface area (TPSA) is 452 Å². The number of aliphatic hydroxyl groups is 2. The van der Waals surface area contributed by atoms with Crippen LogP contribution in [0.3, 0.4) is 0 Å². The first-order valence-electron chi connectivity index (χ1n) is 18.1. The maximum Gasteiger partial charge on any atom is 0.326 e. The molecule has 0 aromatic rings. The average Bonchev–Trinajstić information content (AvgIpc) is 3.61. The van der Waals surface area contributed by atoms with E-state index in [1.807, 2.05) is 10.6 Å². The van der Waals surface area contributed by atoms with Gasteiger partial charge in [0.2, 0.25) is 65.0 Å². The van der Waals surface area contributed by atoms with Gasteiger partial charge in [0.25, 0.3) is 0 Å². The van der Waals surface area contributed by atoms with E-state index in [9.17, 15) is 67.7 Å². The minimum Gasteiger partial charge on any atom is -0.480 e. The number of carboxylic acid groups (broad SMARTS) is 1. The van der Waals surface area contributed by atoms with E-state index in [1.54, 1.807) is 0 Å². The van der Waals surface area contributed by atoms with E-state index in [2.05, 4.69) is 37.2 Å². The van der Waals surface area contributed by atoms with E-state index in [1.165, 1.54) is 6.92 Å². The van der Waals surface area contributed by atoms with E-state index < -0.39 is 146 Å². The molecule has 0 bridgehead atoms. The van der Waals surface area contributed by atoms with Crippen molar-refractivity contribution in [2.75, 3.05) is 32.8 Å². The predicted octanol–water partition coefficient (Wildman–Crippen LogP) is -9.62. The molecule has 7 atom stereocenters. The highest BCUT2D eigenvalue weighted by atomic mass is 16.4. The van der Waals surface area contributed by atoms with Crippen molar-refractivity contribution in [3.05, 3.63) is 0 Å². The smallest absolute Gasteiger partial charge is 0.326 e. The molecule has 18 N–H and O–H groups in total. The molecule has 1 aliphatic heterocycles. The van der Waals surface area contributed by atoms with Gasteiger partial charge in [0.1, 0.15) is 42.3 Å². The molecule has 0 aliphatic carbocycles. The van der Waals surface area contributed by atoms with Gasteiger partial charge in [0.15, 0.2) is 0 Å². The van der Waals surface area contributed by atoms with Crippen LogP contribution in [-0.4, -0.2) is 161 Å². The lowest BCUT2D eigenvalue weighted by atomic mass is 10.1. The summed E-state index contributed by atoms with van der Waals surface area (Å²) in [4.78, 5) is 147. The van der Waals surface area contributed by atoms with Crippen molar-refractivity contribution in [1.82, 2.24) is 47.9 Å². The van der Waals surface area contributed by atoms with Gasteiger partial charge in [0, 0.05) is 6.42 Å². The number of hydrogen-bond donors (Lipinski definition) is 15. The molecule has 1 rings (SSSR count).